The Morgan fingerprint density at radius 3 is 1.92 bits per heavy atom. The van der Waals surface area contributed by atoms with Gasteiger partial charge in [-0.15, -0.1) is 0 Å². The smallest absolute Gasteiger partial charge is 0.469 e. The second-order valence-corrected chi connectivity index (χ2v) is 7.04. The third-order valence-electron chi connectivity index (χ3n) is 3.77. The van der Waals surface area contributed by atoms with Crippen molar-refractivity contribution in [2.45, 2.75) is 25.7 Å². The van der Waals surface area contributed by atoms with Crippen molar-refractivity contribution in [2.24, 2.45) is 0 Å². The first-order valence-electron chi connectivity index (χ1n) is 8.41. The number of ether oxygens (including phenoxy) is 1. The lowest BCUT2D eigenvalue weighted by atomic mass is 10.0. The Morgan fingerprint density at radius 2 is 1.38 bits per heavy atom. The number of rotatable bonds is 10. The first-order valence-corrected chi connectivity index (χ1v) is 9.94. The fourth-order valence-corrected chi connectivity index (χ4v) is 2.78. The van der Waals surface area contributed by atoms with Crippen LogP contribution in [0, 0.1) is 11.3 Å². The molecule has 0 spiro atoms. The van der Waals surface area contributed by atoms with Gasteiger partial charge in [-0.1, -0.05) is 30.7 Å². The Balaban J connectivity index is 1.66. The SMILES string of the molecule is N#Cc1ccc(-c2ccc(OCCCCCCOP(=O)(O)O)cc2)cc1. The molecule has 0 radical (unpaired) electrons. The molecule has 0 saturated carbocycles. The fourth-order valence-electron chi connectivity index (χ4n) is 2.41. The lowest BCUT2D eigenvalue weighted by Crippen LogP contribution is -1.98. The van der Waals surface area contributed by atoms with Crippen molar-refractivity contribution in [2.75, 3.05) is 13.2 Å². The van der Waals surface area contributed by atoms with Crippen LogP contribution >= 0.6 is 7.82 Å². The minimum absolute atomic E-state index is 0.0714. The highest BCUT2D eigenvalue weighted by molar-refractivity contribution is 7.46. The molecule has 0 aliphatic rings. The number of benzene rings is 2. The molecule has 0 unspecified atom stereocenters. The molecule has 7 heteroatoms. The van der Waals surface area contributed by atoms with E-state index in [-0.39, 0.29) is 6.61 Å². The monoisotopic (exact) mass is 375 g/mol. The molecule has 6 nitrogen and oxygen atoms in total. The zero-order chi connectivity index (χ0) is 18.8. The molecule has 0 aliphatic carbocycles. The van der Waals surface area contributed by atoms with E-state index in [9.17, 15) is 4.57 Å². The summed E-state index contributed by atoms with van der Waals surface area (Å²) in [4.78, 5) is 17.1. The van der Waals surface area contributed by atoms with Crippen LogP contribution in [0.3, 0.4) is 0 Å². The summed E-state index contributed by atoms with van der Waals surface area (Å²) in [6.07, 6.45) is 3.23. The van der Waals surface area contributed by atoms with Crippen molar-refractivity contribution in [3.05, 3.63) is 54.1 Å². The molecule has 0 bridgehead atoms. The molecule has 0 atom stereocenters. The number of hydrogen-bond acceptors (Lipinski definition) is 4. The quantitative estimate of drug-likeness (QED) is 0.475. The van der Waals surface area contributed by atoms with Crippen LogP contribution in [0.25, 0.3) is 11.1 Å². The molecule has 0 saturated heterocycles. The average Bonchev–Trinajstić information content (AvgIpc) is 2.63. The summed E-state index contributed by atoms with van der Waals surface area (Å²) in [5.41, 5.74) is 2.75. The third kappa shape index (κ3) is 7.38. The molecule has 0 aromatic heterocycles. The third-order valence-corrected chi connectivity index (χ3v) is 4.29. The summed E-state index contributed by atoms with van der Waals surface area (Å²) < 4.78 is 20.6. The Labute approximate surface area is 153 Å². The molecule has 0 amide bonds. The second-order valence-electron chi connectivity index (χ2n) is 5.80. The standard InChI is InChI=1S/C19H22NO5P/c20-15-16-5-7-17(8-6-16)18-9-11-19(12-10-18)24-13-3-1-2-4-14-25-26(21,22)23/h5-12H,1-4,13-14H2,(H2,21,22,23). The maximum Gasteiger partial charge on any atom is 0.469 e. The Morgan fingerprint density at radius 1 is 0.846 bits per heavy atom. The van der Waals surface area contributed by atoms with E-state index in [1.807, 2.05) is 36.4 Å². The maximum absolute atomic E-state index is 10.5. The van der Waals surface area contributed by atoms with Crippen LogP contribution in [0.1, 0.15) is 31.2 Å². The van der Waals surface area contributed by atoms with Gasteiger partial charge < -0.3 is 14.5 Å². The number of hydrogen-bond donors (Lipinski definition) is 2. The van der Waals surface area contributed by atoms with Crippen LogP contribution in [-0.4, -0.2) is 23.0 Å². The van der Waals surface area contributed by atoms with E-state index >= 15 is 0 Å². The van der Waals surface area contributed by atoms with Gasteiger partial charge in [0, 0.05) is 0 Å². The summed E-state index contributed by atoms with van der Waals surface area (Å²) in [6, 6.07) is 17.3. The zero-order valence-corrected chi connectivity index (χ0v) is 15.3. The van der Waals surface area contributed by atoms with Gasteiger partial charge in [-0.25, -0.2) is 4.57 Å². The maximum atomic E-state index is 10.5. The van der Waals surface area contributed by atoms with Gasteiger partial charge in [0.2, 0.25) is 0 Å². The van der Waals surface area contributed by atoms with Crippen molar-refractivity contribution >= 4 is 7.82 Å². The number of nitriles is 1. The van der Waals surface area contributed by atoms with Crippen molar-refractivity contribution < 1.29 is 23.6 Å². The van der Waals surface area contributed by atoms with Gasteiger partial charge in [0.05, 0.1) is 24.8 Å². The van der Waals surface area contributed by atoms with Gasteiger partial charge in [0.25, 0.3) is 0 Å². The molecular weight excluding hydrogens is 353 g/mol. The van der Waals surface area contributed by atoms with E-state index in [4.69, 9.17) is 19.8 Å². The van der Waals surface area contributed by atoms with Crippen molar-refractivity contribution in [1.82, 2.24) is 0 Å². The second kappa shape index (κ2) is 10.1. The van der Waals surface area contributed by atoms with Crippen molar-refractivity contribution in [1.29, 1.82) is 5.26 Å². The van der Waals surface area contributed by atoms with Crippen LogP contribution in [0.15, 0.2) is 48.5 Å². The zero-order valence-electron chi connectivity index (χ0n) is 14.4. The molecule has 0 aliphatic heterocycles. The number of unbranched alkanes of at least 4 members (excludes halogenated alkanes) is 3. The first kappa shape index (κ1) is 20.2. The van der Waals surface area contributed by atoms with E-state index in [0.717, 1.165) is 36.1 Å². The van der Waals surface area contributed by atoms with Crippen LogP contribution in [0.2, 0.25) is 0 Å². The minimum atomic E-state index is -4.34. The molecular formula is C19H22NO5P. The minimum Gasteiger partial charge on any atom is -0.494 e. The molecule has 138 valence electrons. The van der Waals surface area contributed by atoms with Gasteiger partial charge in [-0.05, 0) is 54.7 Å². The fraction of sp³-hybridized carbons (Fsp3) is 0.316. The van der Waals surface area contributed by atoms with Gasteiger partial charge in [-0.3, -0.25) is 4.52 Å². The summed E-state index contributed by atoms with van der Waals surface area (Å²) in [6.45, 7) is 0.664. The van der Waals surface area contributed by atoms with Crippen molar-refractivity contribution in [3.8, 4) is 22.9 Å². The Hall–Kier alpha value is -2.16. The summed E-state index contributed by atoms with van der Waals surface area (Å²) >= 11 is 0. The van der Waals surface area contributed by atoms with Gasteiger partial charge in [-0.2, -0.15) is 5.26 Å². The van der Waals surface area contributed by atoms with Crippen LogP contribution in [-0.2, 0) is 9.09 Å². The molecule has 2 aromatic carbocycles. The van der Waals surface area contributed by atoms with Gasteiger partial charge in [0.1, 0.15) is 5.75 Å². The number of phosphoric ester groups is 1. The van der Waals surface area contributed by atoms with E-state index in [2.05, 4.69) is 10.6 Å². The highest BCUT2D eigenvalue weighted by atomic mass is 31.2. The van der Waals surface area contributed by atoms with E-state index in [0.29, 0.717) is 18.6 Å². The molecule has 2 rings (SSSR count). The first-order chi connectivity index (χ1) is 12.5. The summed E-state index contributed by atoms with van der Waals surface area (Å²) in [7, 11) is -4.34. The number of nitrogens with zero attached hydrogens (tertiary/aromatic N) is 1. The highest BCUT2D eigenvalue weighted by Gasteiger charge is 2.12. The molecule has 0 fully saturated rings. The van der Waals surface area contributed by atoms with Gasteiger partial charge >= 0.3 is 7.82 Å². The normalized spacial score (nSPS) is 11.1. The summed E-state index contributed by atoms with van der Waals surface area (Å²) in [5, 5.41) is 8.83. The van der Waals surface area contributed by atoms with Crippen molar-refractivity contribution in [3.63, 3.8) is 0 Å². The average molecular weight is 375 g/mol. The largest absolute Gasteiger partial charge is 0.494 e. The highest BCUT2D eigenvalue weighted by Crippen LogP contribution is 2.35. The van der Waals surface area contributed by atoms with Crippen LogP contribution < -0.4 is 4.74 Å². The van der Waals surface area contributed by atoms with Gasteiger partial charge in [0.15, 0.2) is 0 Å². The Kier molecular flexibility index (Phi) is 7.83. The summed E-state index contributed by atoms with van der Waals surface area (Å²) in [5.74, 6) is 0.798. The molecule has 0 heterocycles. The van der Waals surface area contributed by atoms with E-state index < -0.39 is 7.82 Å². The van der Waals surface area contributed by atoms with E-state index in [1.54, 1.807) is 12.1 Å². The van der Waals surface area contributed by atoms with Crippen LogP contribution in [0.4, 0.5) is 0 Å². The Bertz CT molecular complexity index is 762. The molecule has 26 heavy (non-hydrogen) atoms. The van der Waals surface area contributed by atoms with E-state index in [1.165, 1.54) is 0 Å². The lowest BCUT2D eigenvalue weighted by Gasteiger charge is -2.08. The molecule has 2 aromatic rings. The molecule has 2 N–H and O–H groups in total. The number of phosphoric acid groups is 1. The predicted molar refractivity (Wildman–Crippen MR) is 98.6 cm³/mol. The topological polar surface area (TPSA) is 99.8 Å². The predicted octanol–water partition coefficient (Wildman–Crippen LogP) is 4.27. The lowest BCUT2D eigenvalue weighted by molar-refractivity contribution is 0.192. The van der Waals surface area contributed by atoms with Crippen LogP contribution in [0.5, 0.6) is 5.75 Å².